The van der Waals surface area contributed by atoms with Crippen LogP contribution in [0.1, 0.15) is 25.8 Å². The lowest BCUT2D eigenvalue weighted by Crippen LogP contribution is -2.13. The van der Waals surface area contributed by atoms with E-state index in [-0.39, 0.29) is 11.3 Å². The molecule has 0 unspecified atom stereocenters. The fourth-order valence-corrected chi connectivity index (χ4v) is 4.46. The molecule has 0 aliphatic carbocycles. The standard InChI is InChI=1S/C15H16N4OS3/c1-15(2,3)12-18-19-13(23-12)17-11(20)8-21-14-16-9-6-4-5-7-10(9)22-14/h4-7H,8H2,1-3H3,(H,17,19,20). The van der Waals surface area contributed by atoms with Crippen molar-refractivity contribution in [3.05, 3.63) is 29.3 Å². The predicted octanol–water partition coefficient (Wildman–Crippen LogP) is 4.18. The minimum Gasteiger partial charge on any atom is -0.300 e. The number of anilines is 1. The Hall–Kier alpha value is -1.51. The van der Waals surface area contributed by atoms with Gasteiger partial charge in [-0.3, -0.25) is 10.1 Å². The molecule has 23 heavy (non-hydrogen) atoms. The third-order valence-corrected chi connectivity index (χ3v) is 6.36. The lowest BCUT2D eigenvalue weighted by molar-refractivity contribution is -0.113. The van der Waals surface area contributed by atoms with E-state index in [2.05, 4.69) is 41.3 Å². The highest BCUT2D eigenvalue weighted by molar-refractivity contribution is 8.01. The summed E-state index contributed by atoms with van der Waals surface area (Å²) in [6.45, 7) is 6.21. The zero-order valence-corrected chi connectivity index (χ0v) is 15.4. The van der Waals surface area contributed by atoms with E-state index in [9.17, 15) is 4.79 Å². The maximum Gasteiger partial charge on any atom is 0.236 e. The van der Waals surface area contributed by atoms with E-state index in [0.717, 1.165) is 19.6 Å². The molecule has 3 rings (SSSR count). The number of rotatable bonds is 4. The number of hydrogen-bond donors (Lipinski definition) is 1. The van der Waals surface area contributed by atoms with Gasteiger partial charge in [-0.25, -0.2) is 4.98 Å². The molecule has 8 heteroatoms. The first kappa shape index (κ1) is 16.4. The van der Waals surface area contributed by atoms with Gasteiger partial charge in [0, 0.05) is 5.41 Å². The molecule has 0 bridgehead atoms. The lowest BCUT2D eigenvalue weighted by Gasteiger charge is -2.12. The van der Waals surface area contributed by atoms with Gasteiger partial charge in [0.25, 0.3) is 0 Å². The molecule has 5 nitrogen and oxygen atoms in total. The average Bonchev–Trinajstić information content (AvgIpc) is 3.10. The van der Waals surface area contributed by atoms with Gasteiger partial charge < -0.3 is 0 Å². The number of amides is 1. The van der Waals surface area contributed by atoms with E-state index in [1.807, 2.05) is 24.3 Å². The molecule has 0 fully saturated rings. The zero-order valence-electron chi connectivity index (χ0n) is 13.0. The van der Waals surface area contributed by atoms with E-state index in [1.54, 1.807) is 11.3 Å². The van der Waals surface area contributed by atoms with Gasteiger partial charge in [-0.05, 0) is 12.1 Å². The molecule has 1 aromatic carbocycles. The first-order valence-electron chi connectivity index (χ1n) is 7.04. The third-order valence-electron chi connectivity index (χ3n) is 2.91. The van der Waals surface area contributed by atoms with Crippen molar-refractivity contribution in [2.24, 2.45) is 0 Å². The highest BCUT2D eigenvalue weighted by atomic mass is 32.2. The molecule has 2 heterocycles. The summed E-state index contributed by atoms with van der Waals surface area (Å²) in [7, 11) is 0. The molecule has 1 N–H and O–H groups in total. The van der Waals surface area contributed by atoms with Gasteiger partial charge >= 0.3 is 0 Å². The smallest absolute Gasteiger partial charge is 0.236 e. The number of nitrogens with one attached hydrogen (secondary N) is 1. The van der Waals surface area contributed by atoms with Crippen LogP contribution in [0.15, 0.2) is 28.6 Å². The maximum absolute atomic E-state index is 12.0. The Morgan fingerprint density at radius 1 is 1.22 bits per heavy atom. The van der Waals surface area contributed by atoms with Gasteiger partial charge in [0.15, 0.2) is 4.34 Å². The van der Waals surface area contributed by atoms with Crippen LogP contribution in [0.3, 0.4) is 0 Å². The molecule has 1 amide bonds. The number of para-hydroxylation sites is 1. The van der Waals surface area contributed by atoms with E-state index in [0.29, 0.717) is 10.9 Å². The molecular weight excluding hydrogens is 348 g/mol. The van der Waals surface area contributed by atoms with Crippen molar-refractivity contribution in [3.8, 4) is 0 Å². The lowest BCUT2D eigenvalue weighted by atomic mass is 9.98. The summed E-state index contributed by atoms with van der Waals surface area (Å²) in [5.74, 6) is 0.218. The van der Waals surface area contributed by atoms with Gasteiger partial charge in [-0.1, -0.05) is 56.0 Å². The van der Waals surface area contributed by atoms with Crippen molar-refractivity contribution in [2.45, 2.75) is 30.5 Å². The number of hydrogen-bond acceptors (Lipinski definition) is 7. The Bertz CT molecular complexity index is 801. The third kappa shape index (κ3) is 4.07. The molecule has 0 atom stereocenters. The van der Waals surface area contributed by atoms with Gasteiger partial charge in [0.05, 0.1) is 16.0 Å². The number of nitrogens with zero attached hydrogens (tertiary/aromatic N) is 3. The Morgan fingerprint density at radius 2 is 2.00 bits per heavy atom. The predicted molar refractivity (Wildman–Crippen MR) is 97.6 cm³/mol. The number of thioether (sulfide) groups is 1. The number of fused-ring (bicyclic) bond motifs is 1. The van der Waals surface area contributed by atoms with Crippen LogP contribution in [-0.4, -0.2) is 26.8 Å². The normalized spacial score (nSPS) is 11.8. The van der Waals surface area contributed by atoms with Crippen molar-refractivity contribution in [1.29, 1.82) is 0 Å². The van der Waals surface area contributed by atoms with E-state index < -0.39 is 0 Å². The van der Waals surface area contributed by atoms with Crippen molar-refractivity contribution >= 4 is 55.7 Å². The second-order valence-corrected chi connectivity index (χ2v) is 9.18. The number of aromatic nitrogens is 3. The quantitative estimate of drug-likeness (QED) is 0.704. The van der Waals surface area contributed by atoms with Crippen LogP contribution in [0.4, 0.5) is 5.13 Å². The Morgan fingerprint density at radius 3 is 2.70 bits per heavy atom. The summed E-state index contributed by atoms with van der Waals surface area (Å²) in [6, 6.07) is 7.97. The first-order chi connectivity index (χ1) is 10.9. The summed E-state index contributed by atoms with van der Waals surface area (Å²) >= 11 is 4.45. The van der Waals surface area contributed by atoms with Crippen molar-refractivity contribution in [1.82, 2.24) is 15.2 Å². The zero-order chi connectivity index (χ0) is 16.4. The molecule has 3 aromatic rings. The van der Waals surface area contributed by atoms with Crippen LogP contribution in [0.25, 0.3) is 10.2 Å². The number of thiazole rings is 1. The maximum atomic E-state index is 12.0. The van der Waals surface area contributed by atoms with Crippen molar-refractivity contribution < 1.29 is 4.79 Å². The molecule has 120 valence electrons. The summed E-state index contributed by atoms with van der Waals surface area (Å²) < 4.78 is 2.03. The van der Waals surface area contributed by atoms with Crippen molar-refractivity contribution in [3.63, 3.8) is 0 Å². The van der Waals surface area contributed by atoms with Gasteiger partial charge in [0.1, 0.15) is 5.01 Å². The SMILES string of the molecule is CC(C)(C)c1nnc(NC(=O)CSc2nc3ccccc3s2)s1. The second kappa shape index (κ2) is 6.54. The van der Waals surface area contributed by atoms with Crippen LogP contribution >= 0.6 is 34.4 Å². The summed E-state index contributed by atoms with van der Waals surface area (Å²) in [5.41, 5.74) is 0.912. The van der Waals surface area contributed by atoms with Crippen LogP contribution in [0, 0.1) is 0 Å². The topological polar surface area (TPSA) is 67.8 Å². The van der Waals surface area contributed by atoms with E-state index >= 15 is 0 Å². The average molecular weight is 365 g/mol. The first-order valence-corrected chi connectivity index (χ1v) is 9.66. The summed E-state index contributed by atoms with van der Waals surface area (Å²) in [6.07, 6.45) is 0. The number of benzene rings is 1. The van der Waals surface area contributed by atoms with Gasteiger partial charge in [-0.2, -0.15) is 0 Å². The number of carbonyl (C=O) groups excluding carboxylic acids is 1. The number of carbonyl (C=O) groups is 1. The van der Waals surface area contributed by atoms with Crippen LogP contribution in [-0.2, 0) is 10.2 Å². The molecule has 0 saturated heterocycles. The summed E-state index contributed by atoms with van der Waals surface area (Å²) in [4.78, 5) is 16.5. The minimum absolute atomic E-state index is 0.0591. The molecule has 0 aliphatic rings. The monoisotopic (exact) mass is 364 g/mol. The second-order valence-electron chi connectivity index (χ2n) is 5.95. The van der Waals surface area contributed by atoms with Gasteiger partial charge in [-0.15, -0.1) is 21.5 Å². The van der Waals surface area contributed by atoms with Crippen LogP contribution in [0.2, 0.25) is 0 Å². The Balaban J connectivity index is 1.58. The summed E-state index contributed by atoms with van der Waals surface area (Å²) in [5, 5.41) is 12.4. The largest absolute Gasteiger partial charge is 0.300 e. The van der Waals surface area contributed by atoms with E-state index in [1.165, 1.54) is 23.1 Å². The molecule has 0 spiro atoms. The van der Waals surface area contributed by atoms with E-state index in [4.69, 9.17) is 0 Å². The van der Waals surface area contributed by atoms with Crippen molar-refractivity contribution in [2.75, 3.05) is 11.1 Å². The van der Waals surface area contributed by atoms with Crippen LogP contribution in [0.5, 0.6) is 0 Å². The Labute approximate surface area is 146 Å². The Kier molecular flexibility index (Phi) is 4.65. The molecule has 0 radical (unpaired) electrons. The fraction of sp³-hybridized carbons (Fsp3) is 0.333. The fourth-order valence-electron chi connectivity index (χ4n) is 1.77. The minimum atomic E-state index is -0.0918. The highest BCUT2D eigenvalue weighted by Crippen LogP contribution is 2.30. The molecule has 2 aromatic heterocycles. The van der Waals surface area contributed by atoms with Gasteiger partial charge in [0.2, 0.25) is 11.0 Å². The molecule has 0 saturated carbocycles. The highest BCUT2D eigenvalue weighted by Gasteiger charge is 2.20. The molecular formula is C15H16N4OS3. The van der Waals surface area contributed by atoms with Crippen LogP contribution < -0.4 is 5.32 Å². The molecule has 0 aliphatic heterocycles.